The summed E-state index contributed by atoms with van der Waals surface area (Å²) in [6.45, 7) is 5.21. The van der Waals surface area contributed by atoms with Crippen LogP contribution in [-0.4, -0.2) is 44.6 Å². The van der Waals surface area contributed by atoms with E-state index in [1.807, 2.05) is 50.2 Å². The summed E-state index contributed by atoms with van der Waals surface area (Å²) in [5.74, 6) is 0.216. The molecule has 8 heteroatoms. The summed E-state index contributed by atoms with van der Waals surface area (Å²) in [7, 11) is 1.66. The number of halogens is 1. The highest BCUT2D eigenvalue weighted by atomic mass is 32.2. The summed E-state index contributed by atoms with van der Waals surface area (Å²) in [4.78, 5) is 13.1. The Morgan fingerprint density at radius 1 is 1.06 bits per heavy atom. The standard InChI is InChI=1S/C25H25FN4O2S/c1-17-15-21(18(2)29(17)13-14-32-3)23(31)16-33-25-28-27-24(20-11-7-8-12-22(20)26)30(25)19-9-5-4-6-10-19/h4-12,15H,13-14,16H2,1-3H3. The fourth-order valence-electron chi connectivity index (χ4n) is 3.81. The topological polar surface area (TPSA) is 61.9 Å². The first-order valence-corrected chi connectivity index (χ1v) is 11.6. The fourth-order valence-corrected chi connectivity index (χ4v) is 4.64. The molecule has 0 unspecified atom stereocenters. The van der Waals surface area contributed by atoms with Gasteiger partial charge in [-0.05, 0) is 44.2 Å². The van der Waals surface area contributed by atoms with Crippen molar-refractivity contribution in [2.45, 2.75) is 25.5 Å². The number of ether oxygens (including phenoxy) is 1. The van der Waals surface area contributed by atoms with Gasteiger partial charge in [0.25, 0.3) is 0 Å². The molecule has 0 spiro atoms. The number of aryl methyl sites for hydroxylation is 1. The number of para-hydroxylation sites is 1. The highest BCUT2D eigenvalue weighted by Gasteiger charge is 2.21. The van der Waals surface area contributed by atoms with E-state index >= 15 is 0 Å². The van der Waals surface area contributed by atoms with Crippen molar-refractivity contribution in [3.63, 3.8) is 0 Å². The Labute approximate surface area is 196 Å². The number of aromatic nitrogens is 4. The number of rotatable bonds is 9. The van der Waals surface area contributed by atoms with Crippen LogP contribution in [0.1, 0.15) is 21.7 Å². The van der Waals surface area contributed by atoms with Gasteiger partial charge in [-0.15, -0.1) is 10.2 Å². The maximum atomic E-state index is 14.5. The minimum Gasteiger partial charge on any atom is -0.383 e. The van der Waals surface area contributed by atoms with E-state index in [9.17, 15) is 9.18 Å². The van der Waals surface area contributed by atoms with Gasteiger partial charge in [-0.2, -0.15) is 0 Å². The normalized spacial score (nSPS) is 11.2. The quantitative estimate of drug-likeness (QED) is 0.254. The van der Waals surface area contributed by atoms with Crippen LogP contribution in [0.4, 0.5) is 4.39 Å². The van der Waals surface area contributed by atoms with Gasteiger partial charge in [0.1, 0.15) is 5.82 Å². The number of ketones is 1. The maximum Gasteiger partial charge on any atom is 0.196 e. The lowest BCUT2D eigenvalue weighted by atomic mass is 10.2. The maximum absolute atomic E-state index is 14.5. The lowest BCUT2D eigenvalue weighted by Crippen LogP contribution is -2.10. The first kappa shape index (κ1) is 22.9. The molecule has 0 atom stereocenters. The molecule has 0 fully saturated rings. The molecular formula is C25H25FN4O2S. The number of Topliss-reactive ketones (excluding diaryl/α,β-unsaturated/α-hetero) is 1. The zero-order chi connectivity index (χ0) is 23.4. The molecule has 0 aliphatic heterocycles. The molecule has 0 radical (unpaired) electrons. The lowest BCUT2D eigenvalue weighted by molar-refractivity contribution is 0.102. The molecule has 0 bridgehead atoms. The van der Waals surface area contributed by atoms with Gasteiger partial charge in [0.2, 0.25) is 0 Å². The number of hydrogen-bond acceptors (Lipinski definition) is 5. The number of thioether (sulfide) groups is 1. The van der Waals surface area contributed by atoms with Gasteiger partial charge >= 0.3 is 0 Å². The van der Waals surface area contributed by atoms with E-state index in [0.29, 0.717) is 35.3 Å². The van der Waals surface area contributed by atoms with Crippen LogP contribution in [0, 0.1) is 19.7 Å². The summed E-state index contributed by atoms with van der Waals surface area (Å²) < 4.78 is 23.6. The zero-order valence-electron chi connectivity index (χ0n) is 18.8. The average molecular weight is 465 g/mol. The molecule has 0 aliphatic rings. The molecule has 4 rings (SSSR count). The number of benzene rings is 2. The minimum atomic E-state index is -0.377. The van der Waals surface area contributed by atoms with Crippen molar-refractivity contribution in [2.24, 2.45) is 0 Å². The van der Waals surface area contributed by atoms with Crippen LogP contribution in [0.15, 0.2) is 65.8 Å². The Morgan fingerprint density at radius 2 is 1.79 bits per heavy atom. The largest absolute Gasteiger partial charge is 0.383 e. The molecule has 0 saturated heterocycles. The Morgan fingerprint density at radius 3 is 2.52 bits per heavy atom. The molecule has 0 saturated carbocycles. The summed E-state index contributed by atoms with van der Waals surface area (Å²) in [5.41, 5.74) is 3.79. The van der Waals surface area contributed by atoms with Crippen molar-refractivity contribution in [1.29, 1.82) is 0 Å². The molecule has 0 aliphatic carbocycles. The molecule has 33 heavy (non-hydrogen) atoms. The number of methoxy groups -OCH3 is 1. The van der Waals surface area contributed by atoms with E-state index in [1.165, 1.54) is 17.8 Å². The van der Waals surface area contributed by atoms with Crippen molar-refractivity contribution < 1.29 is 13.9 Å². The van der Waals surface area contributed by atoms with E-state index in [1.54, 1.807) is 29.9 Å². The highest BCUT2D eigenvalue weighted by molar-refractivity contribution is 7.99. The lowest BCUT2D eigenvalue weighted by Gasteiger charge is -2.11. The molecule has 2 aromatic carbocycles. The van der Waals surface area contributed by atoms with Gasteiger partial charge < -0.3 is 9.30 Å². The van der Waals surface area contributed by atoms with Crippen LogP contribution >= 0.6 is 11.8 Å². The van der Waals surface area contributed by atoms with Crippen molar-refractivity contribution in [3.05, 3.63) is 83.4 Å². The number of nitrogens with zero attached hydrogens (tertiary/aromatic N) is 4. The predicted octanol–water partition coefficient (Wildman–Crippen LogP) is 5.11. The van der Waals surface area contributed by atoms with Crippen LogP contribution < -0.4 is 0 Å². The SMILES string of the molecule is COCCn1c(C)cc(C(=O)CSc2nnc(-c3ccccc3F)n2-c2ccccc2)c1C. The van der Waals surface area contributed by atoms with Crippen LogP contribution in [0.2, 0.25) is 0 Å². The van der Waals surface area contributed by atoms with E-state index in [4.69, 9.17) is 4.74 Å². The van der Waals surface area contributed by atoms with E-state index in [2.05, 4.69) is 14.8 Å². The third-order valence-electron chi connectivity index (χ3n) is 5.49. The second-order valence-electron chi connectivity index (χ2n) is 7.60. The Kier molecular flexibility index (Phi) is 7.05. The number of hydrogen-bond donors (Lipinski definition) is 0. The third kappa shape index (κ3) is 4.77. The van der Waals surface area contributed by atoms with Gasteiger partial charge in [-0.1, -0.05) is 42.1 Å². The van der Waals surface area contributed by atoms with Crippen LogP contribution in [0.25, 0.3) is 17.1 Å². The van der Waals surface area contributed by atoms with Gasteiger partial charge in [0.15, 0.2) is 16.8 Å². The summed E-state index contributed by atoms with van der Waals surface area (Å²) in [6.07, 6.45) is 0. The molecular weight excluding hydrogens is 439 g/mol. The number of carbonyl (C=O) groups excluding carboxylic acids is 1. The first-order chi connectivity index (χ1) is 16.0. The zero-order valence-corrected chi connectivity index (χ0v) is 19.6. The van der Waals surface area contributed by atoms with Crippen LogP contribution in [0.3, 0.4) is 0 Å². The van der Waals surface area contributed by atoms with E-state index in [0.717, 1.165) is 17.1 Å². The average Bonchev–Trinajstić information content (AvgIpc) is 3.37. The van der Waals surface area contributed by atoms with Crippen molar-refractivity contribution in [3.8, 4) is 17.1 Å². The summed E-state index contributed by atoms with van der Waals surface area (Å²) in [6, 6.07) is 17.9. The smallest absolute Gasteiger partial charge is 0.196 e. The van der Waals surface area contributed by atoms with Gasteiger partial charge in [-0.3, -0.25) is 9.36 Å². The predicted molar refractivity (Wildman–Crippen MR) is 128 cm³/mol. The van der Waals surface area contributed by atoms with Gasteiger partial charge in [0, 0.05) is 36.3 Å². The van der Waals surface area contributed by atoms with E-state index in [-0.39, 0.29) is 17.4 Å². The fraction of sp³-hybridized carbons (Fsp3) is 0.240. The molecule has 2 heterocycles. The van der Waals surface area contributed by atoms with E-state index < -0.39 is 0 Å². The first-order valence-electron chi connectivity index (χ1n) is 10.6. The Hall–Kier alpha value is -3.23. The van der Waals surface area contributed by atoms with Crippen LogP contribution in [-0.2, 0) is 11.3 Å². The molecule has 170 valence electrons. The third-order valence-corrected chi connectivity index (χ3v) is 6.42. The second-order valence-corrected chi connectivity index (χ2v) is 8.54. The Balaban J connectivity index is 1.63. The molecule has 0 N–H and O–H groups in total. The van der Waals surface area contributed by atoms with Crippen LogP contribution in [0.5, 0.6) is 0 Å². The highest BCUT2D eigenvalue weighted by Crippen LogP contribution is 2.30. The van der Waals surface area contributed by atoms with Crippen molar-refractivity contribution in [2.75, 3.05) is 19.5 Å². The molecule has 4 aromatic rings. The van der Waals surface area contributed by atoms with Gasteiger partial charge in [0.05, 0.1) is 17.9 Å². The molecule has 6 nitrogen and oxygen atoms in total. The molecule has 2 aromatic heterocycles. The summed E-state index contributed by atoms with van der Waals surface area (Å²) >= 11 is 1.29. The number of carbonyl (C=O) groups is 1. The van der Waals surface area contributed by atoms with Crippen molar-refractivity contribution >= 4 is 17.5 Å². The monoisotopic (exact) mass is 464 g/mol. The Bertz CT molecular complexity index is 1270. The second kappa shape index (κ2) is 10.1. The van der Waals surface area contributed by atoms with Crippen molar-refractivity contribution in [1.82, 2.24) is 19.3 Å². The summed E-state index contributed by atoms with van der Waals surface area (Å²) in [5, 5.41) is 9.09. The van der Waals surface area contributed by atoms with Gasteiger partial charge in [-0.25, -0.2) is 4.39 Å². The molecule has 0 amide bonds. The minimum absolute atomic E-state index is 0.00631.